The lowest BCUT2D eigenvalue weighted by Crippen LogP contribution is -2.50. The van der Waals surface area contributed by atoms with E-state index >= 15 is 0 Å². The minimum Gasteiger partial charge on any atom is -0.373 e. The van der Waals surface area contributed by atoms with Crippen molar-refractivity contribution in [3.63, 3.8) is 0 Å². The molecule has 0 radical (unpaired) electrons. The number of anilines is 1. The molecule has 3 heterocycles. The van der Waals surface area contributed by atoms with Gasteiger partial charge >= 0.3 is 0 Å². The van der Waals surface area contributed by atoms with Gasteiger partial charge in [0.2, 0.25) is 5.13 Å². The van der Waals surface area contributed by atoms with Crippen LogP contribution in [0.5, 0.6) is 0 Å². The lowest BCUT2D eigenvalue weighted by atomic mass is 10.1. The molecule has 0 N–H and O–H groups in total. The Labute approximate surface area is 146 Å². The fourth-order valence-electron chi connectivity index (χ4n) is 3.79. The minimum atomic E-state index is 0.288. The van der Waals surface area contributed by atoms with Crippen molar-refractivity contribution in [3.05, 3.63) is 41.7 Å². The molecule has 3 fully saturated rings. The summed E-state index contributed by atoms with van der Waals surface area (Å²) in [7, 11) is 0. The van der Waals surface area contributed by atoms with E-state index in [0.29, 0.717) is 12.0 Å². The van der Waals surface area contributed by atoms with Crippen LogP contribution in [0, 0.1) is 0 Å². The summed E-state index contributed by atoms with van der Waals surface area (Å²) in [5, 5.41) is 1.08. The smallest absolute Gasteiger partial charge is 0.205 e. The van der Waals surface area contributed by atoms with E-state index in [9.17, 15) is 0 Å². The maximum atomic E-state index is 6.06. The van der Waals surface area contributed by atoms with Crippen LogP contribution in [0.3, 0.4) is 0 Å². The van der Waals surface area contributed by atoms with Crippen LogP contribution in [-0.2, 0) is 11.3 Å². The first-order valence-corrected chi connectivity index (χ1v) is 9.62. The first-order valence-electron chi connectivity index (χ1n) is 8.85. The summed E-state index contributed by atoms with van der Waals surface area (Å²) in [5.41, 5.74) is 1.38. The molecular weight excluding hydrogens is 320 g/mol. The molecule has 5 rings (SSSR count). The predicted molar refractivity (Wildman–Crippen MR) is 94.5 cm³/mol. The predicted octanol–water partition coefficient (Wildman–Crippen LogP) is 2.51. The van der Waals surface area contributed by atoms with Crippen LogP contribution < -0.4 is 4.90 Å². The second kappa shape index (κ2) is 6.10. The van der Waals surface area contributed by atoms with Gasteiger partial charge in [-0.25, -0.2) is 4.98 Å². The zero-order chi connectivity index (χ0) is 15.9. The van der Waals surface area contributed by atoms with Crippen molar-refractivity contribution >= 4 is 16.7 Å². The number of rotatable bonds is 4. The molecule has 5 nitrogen and oxygen atoms in total. The summed E-state index contributed by atoms with van der Waals surface area (Å²) < 4.78 is 10.6. The average molecular weight is 342 g/mol. The normalized spacial score (nSPS) is 27.4. The summed E-state index contributed by atoms with van der Waals surface area (Å²) in [6.07, 6.45) is 2.81. The number of aromatic nitrogens is 2. The fourth-order valence-corrected chi connectivity index (χ4v) is 4.55. The Morgan fingerprint density at radius 2 is 2.04 bits per heavy atom. The van der Waals surface area contributed by atoms with Gasteiger partial charge in [0.1, 0.15) is 5.82 Å². The Balaban J connectivity index is 1.30. The van der Waals surface area contributed by atoms with Gasteiger partial charge in [0.15, 0.2) is 0 Å². The van der Waals surface area contributed by atoms with Crippen LogP contribution in [-0.4, -0.2) is 52.6 Å². The molecule has 0 bridgehead atoms. The molecular formula is C18H22N4OS. The molecule has 0 spiro atoms. The van der Waals surface area contributed by atoms with E-state index in [-0.39, 0.29) is 6.10 Å². The lowest BCUT2D eigenvalue weighted by molar-refractivity contribution is -0.0499. The van der Waals surface area contributed by atoms with Gasteiger partial charge in [-0.3, -0.25) is 4.90 Å². The van der Waals surface area contributed by atoms with Crippen molar-refractivity contribution in [2.45, 2.75) is 37.5 Å². The van der Waals surface area contributed by atoms with Crippen molar-refractivity contribution < 1.29 is 4.74 Å². The van der Waals surface area contributed by atoms with Crippen LogP contribution in [0.1, 0.15) is 30.1 Å². The molecule has 0 amide bonds. The van der Waals surface area contributed by atoms with E-state index in [1.807, 2.05) is 0 Å². The van der Waals surface area contributed by atoms with Gasteiger partial charge in [-0.2, -0.15) is 4.37 Å². The highest BCUT2D eigenvalue weighted by Gasteiger charge is 2.41. The van der Waals surface area contributed by atoms with Gasteiger partial charge in [-0.05, 0) is 18.4 Å². The van der Waals surface area contributed by atoms with Gasteiger partial charge < -0.3 is 9.64 Å². The molecule has 1 aromatic carbocycles. The Hall–Kier alpha value is -1.50. The maximum absolute atomic E-state index is 6.06. The highest BCUT2D eigenvalue weighted by molar-refractivity contribution is 7.09. The molecule has 2 aliphatic heterocycles. The maximum Gasteiger partial charge on any atom is 0.205 e. The quantitative estimate of drug-likeness (QED) is 0.854. The molecule has 0 unspecified atom stereocenters. The number of nitrogens with zero attached hydrogens (tertiary/aromatic N) is 4. The Kier molecular flexibility index (Phi) is 3.76. The van der Waals surface area contributed by atoms with Crippen molar-refractivity contribution in [2.75, 3.05) is 31.1 Å². The third kappa shape index (κ3) is 2.83. The first-order chi connectivity index (χ1) is 11.9. The molecule has 2 saturated heterocycles. The lowest BCUT2D eigenvalue weighted by Gasteiger charge is -2.36. The Morgan fingerprint density at radius 1 is 1.17 bits per heavy atom. The Bertz CT molecular complexity index is 702. The molecule has 1 aliphatic carbocycles. The van der Waals surface area contributed by atoms with Crippen LogP contribution in [0.25, 0.3) is 0 Å². The van der Waals surface area contributed by atoms with Crippen molar-refractivity contribution in [2.24, 2.45) is 0 Å². The standard InChI is InChI=1S/C18H22N4OS/c1-2-4-13(5-3-1)10-21-8-9-23-16-12-22(11-15(16)21)18-19-17(20-24-18)14-6-7-14/h1-5,14-16H,6-12H2/t15-,16+/m0/s1. The topological polar surface area (TPSA) is 41.5 Å². The van der Waals surface area contributed by atoms with E-state index in [1.54, 1.807) is 11.5 Å². The van der Waals surface area contributed by atoms with Crippen LogP contribution in [0.2, 0.25) is 0 Å². The number of ether oxygens (including phenoxy) is 1. The van der Waals surface area contributed by atoms with E-state index in [2.05, 4.69) is 44.5 Å². The second-order valence-electron chi connectivity index (χ2n) is 7.05. The molecule has 1 saturated carbocycles. The number of morpholine rings is 1. The summed E-state index contributed by atoms with van der Waals surface area (Å²) in [6.45, 7) is 4.77. The van der Waals surface area contributed by atoms with Gasteiger partial charge in [-0.15, -0.1) is 0 Å². The molecule has 126 valence electrons. The number of hydrogen-bond donors (Lipinski definition) is 0. The number of benzene rings is 1. The van der Waals surface area contributed by atoms with Gasteiger partial charge in [-0.1, -0.05) is 30.3 Å². The highest BCUT2D eigenvalue weighted by atomic mass is 32.1. The first kappa shape index (κ1) is 14.8. The van der Waals surface area contributed by atoms with Crippen LogP contribution in [0.4, 0.5) is 5.13 Å². The SMILES string of the molecule is c1ccc(CN2CCO[C@@H]3CN(c4nc(C5CC5)ns4)C[C@@H]32)cc1. The highest BCUT2D eigenvalue weighted by Crippen LogP contribution is 2.40. The van der Waals surface area contributed by atoms with Gasteiger partial charge in [0, 0.05) is 43.6 Å². The average Bonchev–Trinajstić information content (AvgIpc) is 3.18. The third-order valence-electron chi connectivity index (χ3n) is 5.29. The monoisotopic (exact) mass is 342 g/mol. The summed E-state index contributed by atoms with van der Waals surface area (Å²) in [4.78, 5) is 9.73. The second-order valence-corrected chi connectivity index (χ2v) is 7.78. The minimum absolute atomic E-state index is 0.288. The summed E-state index contributed by atoms with van der Waals surface area (Å²) >= 11 is 1.56. The molecule has 1 aromatic heterocycles. The van der Waals surface area contributed by atoms with Crippen LogP contribution in [0.15, 0.2) is 30.3 Å². The van der Waals surface area contributed by atoms with E-state index in [4.69, 9.17) is 9.72 Å². The van der Waals surface area contributed by atoms with E-state index < -0.39 is 0 Å². The van der Waals surface area contributed by atoms with Gasteiger partial charge in [0.25, 0.3) is 0 Å². The Morgan fingerprint density at radius 3 is 2.88 bits per heavy atom. The summed E-state index contributed by atoms with van der Waals surface area (Å²) in [5.74, 6) is 1.69. The number of hydrogen-bond acceptors (Lipinski definition) is 6. The van der Waals surface area contributed by atoms with Gasteiger partial charge in [0.05, 0.1) is 18.8 Å². The zero-order valence-electron chi connectivity index (χ0n) is 13.7. The van der Waals surface area contributed by atoms with Crippen LogP contribution >= 0.6 is 11.5 Å². The summed E-state index contributed by atoms with van der Waals surface area (Å²) in [6, 6.07) is 11.2. The van der Waals surface area contributed by atoms with E-state index in [0.717, 1.165) is 43.7 Å². The van der Waals surface area contributed by atoms with Crippen molar-refractivity contribution in [3.8, 4) is 0 Å². The third-order valence-corrected chi connectivity index (χ3v) is 6.08. The molecule has 2 atom stereocenters. The van der Waals surface area contributed by atoms with Crippen molar-refractivity contribution in [1.82, 2.24) is 14.3 Å². The largest absolute Gasteiger partial charge is 0.373 e. The van der Waals surface area contributed by atoms with E-state index in [1.165, 1.54) is 18.4 Å². The molecule has 2 aromatic rings. The zero-order valence-corrected chi connectivity index (χ0v) is 14.5. The number of fused-ring (bicyclic) bond motifs is 1. The fraction of sp³-hybridized carbons (Fsp3) is 0.556. The molecule has 24 heavy (non-hydrogen) atoms. The molecule has 6 heteroatoms. The molecule has 3 aliphatic rings. The van der Waals surface area contributed by atoms with Crippen molar-refractivity contribution in [1.29, 1.82) is 0 Å².